The van der Waals surface area contributed by atoms with Crippen LogP contribution in [0.5, 0.6) is 0 Å². The lowest BCUT2D eigenvalue weighted by molar-refractivity contribution is -0.384. The molecule has 0 heterocycles. The quantitative estimate of drug-likeness (QED) is 0.598. The first-order valence-electron chi connectivity index (χ1n) is 5.92. The maximum absolute atomic E-state index is 10.5. The second-order valence-electron chi connectivity index (χ2n) is 5.06. The maximum atomic E-state index is 10.5. The van der Waals surface area contributed by atoms with Gasteiger partial charge in [-0.25, -0.2) is 0 Å². The van der Waals surface area contributed by atoms with E-state index in [9.17, 15) is 10.1 Å². The van der Waals surface area contributed by atoms with E-state index in [1.165, 1.54) is 12.1 Å². The van der Waals surface area contributed by atoms with Crippen LogP contribution in [0.4, 0.5) is 11.4 Å². The third kappa shape index (κ3) is 4.71. The Bertz CT molecular complexity index is 388. The molecule has 1 aromatic rings. The van der Waals surface area contributed by atoms with Crippen LogP contribution in [0.3, 0.4) is 0 Å². The lowest BCUT2D eigenvalue weighted by atomic mass is 9.89. The molecule has 0 bridgehead atoms. The van der Waals surface area contributed by atoms with Gasteiger partial charge in [0.2, 0.25) is 0 Å². The summed E-state index contributed by atoms with van der Waals surface area (Å²) in [5, 5.41) is 13.8. The first kappa shape index (κ1) is 14.4. The van der Waals surface area contributed by atoms with E-state index < -0.39 is 4.92 Å². The second kappa shape index (κ2) is 6.35. The molecule has 0 aliphatic heterocycles. The molecule has 18 heavy (non-hydrogen) atoms. The van der Waals surface area contributed by atoms with E-state index in [1.54, 1.807) is 19.2 Å². The van der Waals surface area contributed by atoms with Gasteiger partial charge in [0.05, 0.1) is 4.92 Å². The molecule has 0 atom stereocenters. The summed E-state index contributed by atoms with van der Waals surface area (Å²) in [6.45, 7) is 5.85. The van der Waals surface area contributed by atoms with E-state index in [0.29, 0.717) is 0 Å². The van der Waals surface area contributed by atoms with Crippen molar-refractivity contribution in [3.63, 3.8) is 0 Å². The smallest absolute Gasteiger partial charge is 0.269 e. The molecule has 0 aromatic heterocycles. The number of methoxy groups -OCH3 is 1. The van der Waals surface area contributed by atoms with Crippen molar-refractivity contribution in [1.82, 2.24) is 0 Å². The van der Waals surface area contributed by atoms with Crippen molar-refractivity contribution < 1.29 is 9.66 Å². The molecule has 0 aliphatic carbocycles. The Balaban J connectivity index is 2.50. The Morgan fingerprint density at radius 2 is 1.94 bits per heavy atom. The molecule has 0 radical (unpaired) electrons. The van der Waals surface area contributed by atoms with Gasteiger partial charge < -0.3 is 10.1 Å². The lowest BCUT2D eigenvalue weighted by Crippen LogP contribution is -2.24. The van der Waals surface area contributed by atoms with Gasteiger partial charge in [0.25, 0.3) is 5.69 Å². The second-order valence-corrected chi connectivity index (χ2v) is 5.06. The molecular formula is C13H20N2O3. The fourth-order valence-electron chi connectivity index (χ4n) is 1.51. The molecule has 100 valence electrons. The van der Waals surface area contributed by atoms with Crippen LogP contribution in [-0.2, 0) is 4.74 Å². The van der Waals surface area contributed by atoms with Gasteiger partial charge in [-0.2, -0.15) is 0 Å². The van der Waals surface area contributed by atoms with Gasteiger partial charge in [-0.3, -0.25) is 10.1 Å². The Kier molecular flexibility index (Phi) is 5.09. The minimum atomic E-state index is -0.397. The third-order valence-electron chi connectivity index (χ3n) is 2.83. The van der Waals surface area contributed by atoms with Crippen molar-refractivity contribution in [2.24, 2.45) is 5.41 Å². The highest BCUT2D eigenvalue weighted by Crippen LogP contribution is 2.22. The van der Waals surface area contributed by atoms with Crippen molar-refractivity contribution in [3.8, 4) is 0 Å². The standard InChI is InChI=1S/C13H20N2O3/c1-13(2,8-9-18-3)10-14-11-4-6-12(7-5-11)15(16)17/h4-7,14H,8-10H2,1-3H3. The number of rotatable bonds is 7. The number of hydrogen-bond donors (Lipinski definition) is 1. The van der Waals surface area contributed by atoms with Crippen LogP contribution in [0.15, 0.2) is 24.3 Å². The van der Waals surface area contributed by atoms with Crippen molar-refractivity contribution >= 4 is 11.4 Å². The predicted molar refractivity (Wildman–Crippen MR) is 71.9 cm³/mol. The first-order chi connectivity index (χ1) is 8.44. The number of nitro benzene ring substituents is 1. The fourth-order valence-corrected chi connectivity index (χ4v) is 1.51. The van der Waals surface area contributed by atoms with Gasteiger partial charge in [-0.15, -0.1) is 0 Å². The van der Waals surface area contributed by atoms with Crippen molar-refractivity contribution in [2.45, 2.75) is 20.3 Å². The Labute approximate surface area is 107 Å². The highest BCUT2D eigenvalue weighted by molar-refractivity contribution is 5.48. The summed E-state index contributed by atoms with van der Waals surface area (Å²) in [7, 11) is 1.69. The number of non-ortho nitro benzene ring substituents is 1. The zero-order chi connectivity index (χ0) is 13.6. The molecule has 0 spiro atoms. The predicted octanol–water partition coefficient (Wildman–Crippen LogP) is 3.07. The molecule has 1 N–H and O–H groups in total. The largest absolute Gasteiger partial charge is 0.385 e. The fraction of sp³-hybridized carbons (Fsp3) is 0.538. The summed E-state index contributed by atoms with van der Waals surface area (Å²) in [5.41, 5.74) is 1.13. The van der Waals surface area contributed by atoms with E-state index >= 15 is 0 Å². The number of nitrogens with one attached hydrogen (secondary N) is 1. The molecule has 0 saturated carbocycles. The molecule has 0 aliphatic rings. The lowest BCUT2D eigenvalue weighted by Gasteiger charge is -2.25. The topological polar surface area (TPSA) is 64.4 Å². The molecule has 0 fully saturated rings. The van der Waals surface area contributed by atoms with Crippen LogP contribution < -0.4 is 5.32 Å². The monoisotopic (exact) mass is 252 g/mol. The Morgan fingerprint density at radius 3 is 2.44 bits per heavy atom. The van der Waals surface area contributed by atoms with E-state index in [-0.39, 0.29) is 11.1 Å². The van der Waals surface area contributed by atoms with E-state index in [1.807, 2.05) is 0 Å². The number of hydrogen-bond acceptors (Lipinski definition) is 4. The summed E-state index contributed by atoms with van der Waals surface area (Å²) in [4.78, 5) is 10.1. The summed E-state index contributed by atoms with van der Waals surface area (Å²) in [6, 6.07) is 6.46. The van der Waals surface area contributed by atoms with Crippen LogP contribution in [0.2, 0.25) is 0 Å². The Morgan fingerprint density at radius 1 is 1.33 bits per heavy atom. The molecular weight excluding hydrogens is 232 g/mol. The van der Waals surface area contributed by atoms with E-state index in [0.717, 1.165) is 25.3 Å². The first-order valence-corrected chi connectivity index (χ1v) is 5.92. The summed E-state index contributed by atoms with van der Waals surface area (Å²) in [6.07, 6.45) is 0.962. The van der Waals surface area contributed by atoms with Crippen LogP contribution >= 0.6 is 0 Å². The van der Waals surface area contributed by atoms with Crippen LogP contribution in [0, 0.1) is 15.5 Å². The summed E-state index contributed by atoms with van der Waals surface area (Å²) < 4.78 is 5.07. The van der Waals surface area contributed by atoms with Crippen molar-refractivity contribution in [1.29, 1.82) is 0 Å². The van der Waals surface area contributed by atoms with Gasteiger partial charge in [0, 0.05) is 38.1 Å². The van der Waals surface area contributed by atoms with Gasteiger partial charge in [-0.1, -0.05) is 13.8 Å². The van der Waals surface area contributed by atoms with Crippen LogP contribution in [-0.4, -0.2) is 25.2 Å². The van der Waals surface area contributed by atoms with Gasteiger partial charge in [-0.05, 0) is 24.0 Å². The average molecular weight is 252 g/mol. The van der Waals surface area contributed by atoms with E-state index in [2.05, 4.69) is 19.2 Å². The SMILES string of the molecule is COCCC(C)(C)CNc1ccc([N+](=O)[O-])cc1. The number of benzene rings is 1. The van der Waals surface area contributed by atoms with Gasteiger partial charge in [0.15, 0.2) is 0 Å². The molecule has 1 aromatic carbocycles. The minimum Gasteiger partial charge on any atom is -0.385 e. The Hall–Kier alpha value is -1.62. The minimum absolute atomic E-state index is 0.110. The molecule has 0 unspecified atom stereocenters. The van der Waals surface area contributed by atoms with Crippen molar-refractivity contribution in [2.75, 3.05) is 25.6 Å². The zero-order valence-corrected chi connectivity index (χ0v) is 11.1. The maximum Gasteiger partial charge on any atom is 0.269 e. The number of anilines is 1. The molecule has 1 rings (SSSR count). The van der Waals surface area contributed by atoms with Crippen LogP contribution in [0.25, 0.3) is 0 Å². The van der Waals surface area contributed by atoms with Gasteiger partial charge >= 0.3 is 0 Å². The molecule has 0 amide bonds. The van der Waals surface area contributed by atoms with Crippen LogP contribution in [0.1, 0.15) is 20.3 Å². The summed E-state index contributed by atoms with van der Waals surface area (Å²) in [5.74, 6) is 0. The number of nitro groups is 1. The molecule has 5 nitrogen and oxygen atoms in total. The normalized spacial score (nSPS) is 11.3. The zero-order valence-electron chi connectivity index (χ0n) is 11.1. The number of ether oxygens (including phenoxy) is 1. The molecule has 0 saturated heterocycles. The summed E-state index contributed by atoms with van der Waals surface area (Å²) >= 11 is 0. The van der Waals surface area contributed by atoms with Gasteiger partial charge in [0.1, 0.15) is 0 Å². The van der Waals surface area contributed by atoms with Crippen molar-refractivity contribution in [3.05, 3.63) is 34.4 Å². The molecule has 5 heteroatoms. The average Bonchev–Trinajstić information content (AvgIpc) is 2.35. The third-order valence-corrected chi connectivity index (χ3v) is 2.83. The highest BCUT2D eigenvalue weighted by Gasteiger charge is 2.17. The number of nitrogens with zero attached hydrogens (tertiary/aromatic N) is 1. The highest BCUT2D eigenvalue weighted by atomic mass is 16.6. The van der Waals surface area contributed by atoms with E-state index in [4.69, 9.17) is 4.74 Å².